The highest BCUT2D eigenvalue weighted by atomic mass is 79.9. The van der Waals surface area contributed by atoms with Crippen LogP contribution in [-0.2, 0) is 9.59 Å². The van der Waals surface area contributed by atoms with Crippen LogP contribution in [0.2, 0.25) is 5.02 Å². The van der Waals surface area contributed by atoms with E-state index in [0.29, 0.717) is 44.0 Å². The SMILES string of the molecule is O=C(CN1C(=O)S/C(=C/c2ccc(-c3ccc([N+](=O)[O-])cc3)o2)C1=O)Nc1ccc(Br)c(Cl)c1. The molecule has 0 atom stereocenters. The average molecular weight is 563 g/mol. The molecule has 34 heavy (non-hydrogen) atoms. The quantitative estimate of drug-likeness (QED) is 0.224. The fraction of sp³-hybridized carbons (Fsp3) is 0.0455. The molecule has 172 valence electrons. The monoisotopic (exact) mass is 561 g/mol. The number of rotatable bonds is 6. The minimum Gasteiger partial charge on any atom is -0.457 e. The molecule has 1 saturated heterocycles. The van der Waals surface area contributed by atoms with Crippen molar-refractivity contribution in [2.75, 3.05) is 11.9 Å². The first-order chi connectivity index (χ1) is 16.2. The Balaban J connectivity index is 1.44. The second-order valence-electron chi connectivity index (χ2n) is 6.95. The van der Waals surface area contributed by atoms with E-state index in [2.05, 4.69) is 21.2 Å². The summed E-state index contributed by atoms with van der Waals surface area (Å²) in [7, 11) is 0. The molecule has 1 aromatic heterocycles. The van der Waals surface area contributed by atoms with Crippen molar-refractivity contribution in [3.05, 3.63) is 84.9 Å². The van der Waals surface area contributed by atoms with Crippen LogP contribution in [0, 0.1) is 10.1 Å². The Kier molecular flexibility index (Phi) is 6.87. The Morgan fingerprint density at radius 3 is 2.59 bits per heavy atom. The predicted octanol–water partition coefficient (Wildman–Crippen LogP) is 5.95. The summed E-state index contributed by atoms with van der Waals surface area (Å²) in [5.41, 5.74) is 0.995. The first-order valence-corrected chi connectivity index (χ1v) is 11.5. The molecule has 1 aliphatic heterocycles. The molecule has 12 heteroatoms. The van der Waals surface area contributed by atoms with Gasteiger partial charge in [0.25, 0.3) is 16.8 Å². The second kappa shape index (κ2) is 9.84. The van der Waals surface area contributed by atoms with Crippen LogP contribution in [0.25, 0.3) is 17.4 Å². The molecule has 2 heterocycles. The van der Waals surface area contributed by atoms with E-state index in [1.807, 2.05) is 0 Å². The Labute approximate surface area is 210 Å². The first-order valence-electron chi connectivity index (χ1n) is 9.56. The molecule has 0 aliphatic carbocycles. The number of carbonyl (C=O) groups excluding carboxylic acids is 3. The molecule has 0 spiro atoms. The summed E-state index contributed by atoms with van der Waals surface area (Å²) in [6.07, 6.45) is 1.41. The van der Waals surface area contributed by atoms with Crippen LogP contribution in [0.1, 0.15) is 5.76 Å². The summed E-state index contributed by atoms with van der Waals surface area (Å²) in [5, 5.41) is 13.2. The van der Waals surface area contributed by atoms with Crippen molar-refractivity contribution in [1.82, 2.24) is 4.90 Å². The number of non-ortho nitro benzene ring substituents is 1. The van der Waals surface area contributed by atoms with E-state index in [9.17, 15) is 24.5 Å². The normalized spacial score (nSPS) is 14.6. The third-order valence-corrected chi connectivity index (χ3v) is 6.78. The number of amides is 3. The number of nitrogens with one attached hydrogen (secondary N) is 1. The van der Waals surface area contributed by atoms with E-state index in [1.54, 1.807) is 36.4 Å². The maximum absolute atomic E-state index is 12.7. The lowest BCUT2D eigenvalue weighted by Gasteiger charge is -2.12. The van der Waals surface area contributed by atoms with Gasteiger partial charge in [-0.05, 0) is 70.2 Å². The van der Waals surface area contributed by atoms with Gasteiger partial charge in [0, 0.05) is 33.9 Å². The highest BCUT2D eigenvalue weighted by Crippen LogP contribution is 2.33. The van der Waals surface area contributed by atoms with Crippen LogP contribution in [0.5, 0.6) is 0 Å². The standard InChI is InChI=1S/C22H13BrClN3O6S/c23-16-7-3-13(9-17(16)24)25-20(28)11-26-21(29)19(34-22(26)30)10-15-6-8-18(33-15)12-1-4-14(5-2-12)27(31)32/h1-10H,11H2,(H,25,28)/b19-10+. The van der Waals surface area contributed by atoms with Gasteiger partial charge in [0.1, 0.15) is 18.1 Å². The number of nitro benzene ring substituents is 1. The lowest BCUT2D eigenvalue weighted by molar-refractivity contribution is -0.384. The molecule has 1 N–H and O–H groups in total. The maximum atomic E-state index is 12.7. The molecule has 0 radical (unpaired) electrons. The molecule has 2 aromatic carbocycles. The zero-order valence-corrected chi connectivity index (χ0v) is 20.1. The number of nitro groups is 1. The molecule has 3 amide bonds. The van der Waals surface area contributed by atoms with Crippen molar-refractivity contribution < 1.29 is 23.7 Å². The van der Waals surface area contributed by atoms with E-state index in [-0.39, 0.29) is 10.6 Å². The average Bonchev–Trinajstić information content (AvgIpc) is 3.37. The Bertz CT molecular complexity index is 1350. The van der Waals surface area contributed by atoms with Gasteiger partial charge in [-0.25, -0.2) is 0 Å². The number of anilines is 1. The number of benzene rings is 2. The summed E-state index contributed by atoms with van der Waals surface area (Å²) < 4.78 is 6.36. The Morgan fingerprint density at radius 1 is 1.18 bits per heavy atom. The summed E-state index contributed by atoms with van der Waals surface area (Å²) >= 11 is 9.96. The van der Waals surface area contributed by atoms with Gasteiger partial charge >= 0.3 is 0 Å². The lowest BCUT2D eigenvalue weighted by Crippen LogP contribution is -2.36. The van der Waals surface area contributed by atoms with Gasteiger partial charge in [-0.2, -0.15) is 0 Å². The summed E-state index contributed by atoms with van der Waals surface area (Å²) in [6.45, 7) is -0.456. The molecule has 0 bridgehead atoms. The fourth-order valence-electron chi connectivity index (χ4n) is 3.02. The fourth-order valence-corrected chi connectivity index (χ4v) is 4.26. The van der Waals surface area contributed by atoms with Crippen molar-refractivity contribution in [3.63, 3.8) is 0 Å². The minimum absolute atomic E-state index is 0.0449. The number of nitrogens with zero attached hydrogens (tertiary/aromatic N) is 2. The molecular weight excluding hydrogens is 550 g/mol. The molecule has 9 nitrogen and oxygen atoms in total. The largest absolute Gasteiger partial charge is 0.457 e. The van der Waals surface area contributed by atoms with Gasteiger partial charge < -0.3 is 9.73 Å². The predicted molar refractivity (Wildman–Crippen MR) is 131 cm³/mol. The molecule has 3 aromatic rings. The van der Waals surface area contributed by atoms with Crippen LogP contribution < -0.4 is 5.32 Å². The van der Waals surface area contributed by atoms with Crippen molar-refractivity contribution in [2.24, 2.45) is 0 Å². The van der Waals surface area contributed by atoms with Gasteiger partial charge in [0.05, 0.1) is 14.9 Å². The van der Waals surface area contributed by atoms with E-state index < -0.39 is 28.5 Å². The van der Waals surface area contributed by atoms with E-state index in [4.69, 9.17) is 16.0 Å². The molecule has 0 saturated carbocycles. The zero-order valence-electron chi connectivity index (χ0n) is 17.0. The number of carbonyl (C=O) groups is 3. The summed E-state index contributed by atoms with van der Waals surface area (Å²) in [5.74, 6) is -0.423. The number of hydrogen-bond donors (Lipinski definition) is 1. The Hall–Kier alpha value is -3.41. The second-order valence-corrected chi connectivity index (χ2v) is 9.21. The van der Waals surface area contributed by atoms with Crippen LogP contribution in [0.4, 0.5) is 16.2 Å². The van der Waals surface area contributed by atoms with E-state index in [1.165, 1.54) is 24.3 Å². The summed E-state index contributed by atoms with van der Waals surface area (Å²) in [6, 6.07) is 13.9. The van der Waals surface area contributed by atoms with Crippen LogP contribution >= 0.6 is 39.3 Å². The van der Waals surface area contributed by atoms with Gasteiger partial charge in [0.2, 0.25) is 5.91 Å². The molecular formula is C22H13BrClN3O6S. The highest BCUT2D eigenvalue weighted by molar-refractivity contribution is 9.10. The molecule has 4 rings (SSSR count). The van der Waals surface area contributed by atoms with Crippen LogP contribution in [0.3, 0.4) is 0 Å². The Morgan fingerprint density at radius 2 is 1.91 bits per heavy atom. The van der Waals surface area contributed by atoms with E-state index >= 15 is 0 Å². The van der Waals surface area contributed by atoms with Crippen molar-refractivity contribution in [1.29, 1.82) is 0 Å². The van der Waals surface area contributed by atoms with Crippen molar-refractivity contribution >= 4 is 73.8 Å². The highest BCUT2D eigenvalue weighted by Gasteiger charge is 2.36. The smallest absolute Gasteiger partial charge is 0.294 e. The topological polar surface area (TPSA) is 123 Å². The third-order valence-electron chi connectivity index (χ3n) is 4.64. The lowest BCUT2D eigenvalue weighted by atomic mass is 10.1. The first kappa shape index (κ1) is 23.7. The van der Waals surface area contributed by atoms with Crippen molar-refractivity contribution in [2.45, 2.75) is 0 Å². The number of imide groups is 1. The summed E-state index contributed by atoms with van der Waals surface area (Å²) in [4.78, 5) is 48.6. The maximum Gasteiger partial charge on any atom is 0.294 e. The molecule has 0 unspecified atom stereocenters. The number of halogens is 2. The number of thioether (sulfide) groups is 1. The van der Waals surface area contributed by atoms with Gasteiger partial charge in [-0.1, -0.05) is 11.6 Å². The van der Waals surface area contributed by atoms with Gasteiger partial charge in [-0.15, -0.1) is 0 Å². The minimum atomic E-state index is -0.618. The van der Waals surface area contributed by atoms with E-state index in [0.717, 1.165) is 4.90 Å². The zero-order chi connectivity index (χ0) is 24.4. The van der Waals surface area contributed by atoms with Gasteiger partial charge in [0.15, 0.2) is 0 Å². The van der Waals surface area contributed by atoms with Crippen LogP contribution in [0.15, 0.2) is 68.4 Å². The number of furan rings is 1. The van der Waals surface area contributed by atoms with Gasteiger partial charge in [-0.3, -0.25) is 29.4 Å². The van der Waals surface area contributed by atoms with Crippen molar-refractivity contribution in [3.8, 4) is 11.3 Å². The molecule has 1 aliphatic rings. The van der Waals surface area contributed by atoms with Crippen LogP contribution in [-0.4, -0.2) is 33.4 Å². The third kappa shape index (κ3) is 5.22. The molecule has 1 fully saturated rings. The number of hydrogen-bond acceptors (Lipinski definition) is 7.